The first-order valence-electron chi connectivity index (χ1n) is 12.8. The van der Waals surface area contributed by atoms with Crippen LogP contribution < -0.4 is 0 Å². The Morgan fingerprint density at radius 1 is 1.18 bits per heavy atom. The molecule has 0 saturated heterocycles. The monoisotopic (exact) mass is 461 g/mol. The second-order valence-electron chi connectivity index (χ2n) is 12.0. The molecule has 2 saturated carbocycles. The summed E-state index contributed by atoms with van der Waals surface area (Å²) in [6.45, 7) is 9.85. The van der Waals surface area contributed by atoms with Crippen LogP contribution in [0.3, 0.4) is 0 Å². The van der Waals surface area contributed by atoms with Crippen molar-refractivity contribution in [1.82, 2.24) is 4.98 Å². The summed E-state index contributed by atoms with van der Waals surface area (Å²) in [4.78, 5) is 28.7. The van der Waals surface area contributed by atoms with Crippen molar-refractivity contribution in [3.8, 4) is 0 Å². The van der Waals surface area contributed by atoms with Gasteiger partial charge in [0.25, 0.3) is 0 Å². The molecule has 1 aromatic carbocycles. The summed E-state index contributed by atoms with van der Waals surface area (Å²) in [5.41, 5.74) is 4.41. The summed E-state index contributed by atoms with van der Waals surface area (Å²) in [6.07, 6.45) is 6.34. The largest absolute Gasteiger partial charge is 0.457 e. The van der Waals surface area contributed by atoms with Gasteiger partial charge in [-0.3, -0.25) is 9.59 Å². The number of nitrogens with one attached hydrogen (secondary N) is 1. The Hall–Kier alpha value is -2.40. The summed E-state index contributed by atoms with van der Waals surface area (Å²) in [6, 6.07) is 8.68. The molecule has 5 heteroatoms. The average Bonchev–Trinajstić information content (AvgIpc) is 3.27. The number of carbonyl (C=O) groups is 2. The molecule has 2 aromatic rings. The van der Waals surface area contributed by atoms with Crippen LogP contribution in [0.5, 0.6) is 0 Å². The Bertz CT molecular complexity index is 1240. The zero-order valence-corrected chi connectivity index (χ0v) is 20.9. The number of benzene rings is 1. The van der Waals surface area contributed by atoms with E-state index in [4.69, 9.17) is 9.47 Å². The smallest absolute Gasteiger partial charge is 0.303 e. The quantitative estimate of drug-likeness (QED) is 0.607. The van der Waals surface area contributed by atoms with Gasteiger partial charge in [0, 0.05) is 28.9 Å². The number of hydrogen-bond acceptors (Lipinski definition) is 4. The van der Waals surface area contributed by atoms with Crippen LogP contribution in [-0.2, 0) is 30.9 Å². The van der Waals surface area contributed by atoms with Gasteiger partial charge in [-0.2, -0.15) is 0 Å². The Morgan fingerprint density at radius 3 is 2.71 bits per heavy atom. The minimum atomic E-state index is -0.986. The number of esters is 1. The van der Waals surface area contributed by atoms with E-state index in [2.05, 4.69) is 43.1 Å². The second-order valence-corrected chi connectivity index (χ2v) is 12.0. The van der Waals surface area contributed by atoms with E-state index in [1.807, 2.05) is 6.08 Å². The molecule has 0 bridgehead atoms. The molecule has 0 radical (unpaired) electrons. The van der Waals surface area contributed by atoms with Crippen LogP contribution in [0.15, 0.2) is 35.9 Å². The predicted octanol–water partition coefficient (Wildman–Crippen LogP) is 5.41. The average molecular weight is 462 g/mol. The topological polar surface area (TPSA) is 68.4 Å². The van der Waals surface area contributed by atoms with Gasteiger partial charge in [0.15, 0.2) is 11.9 Å². The molecule has 3 aliphatic carbocycles. The molecule has 6 atom stereocenters. The fraction of sp³-hybridized carbons (Fsp3) is 0.586. The molecular weight excluding hydrogens is 426 g/mol. The highest BCUT2D eigenvalue weighted by molar-refractivity contribution is 5.96. The molecule has 2 heterocycles. The highest BCUT2D eigenvalue weighted by Gasteiger charge is 2.64. The van der Waals surface area contributed by atoms with Gasteiger partial charge in [-0.05, 0) is 86.5 Å². The number of H-pyrrole nitrogens is 1. The molecular formula is C29H35NO4. The summed E-state index contributed by atoms with van der Waals surface area (Å²) in [5, 5.41) is 1.37. The van der Waals surface area contributed by atoms with Gasteiger partial charge in [-0.15, -0.1) is 0 Å². The Labute approximate surface area is 201 Å². The van der Waals surface area contributed by atoms with Crippen molar-refractivity contribution < 1.29 is 19.1 Å². The SMILES string of the molecule is CC(=O)OC(C)(C)C1OC2CCC3(C)C(CCC4Cc5c([nH]c6ccccc56)C43C)C2=CC1=O. The zero-order valence-electron chi connectivity index (χ0n) is 20.9. The van der Waals surface area contributed by atoms with Crippen molar-refractivity contribution in [2.24, 2.45) is 17.3 Å². The molecule has 4 aliphatic rings. The normalized spacial score (nSPS) is 36.9. The lowest BCUT2D eigenvalue weighted by Gasteiger charge is -2.61. The maximum absolute atomic E-state index is 13.3. The minimum Gasteiger partial charge on any atom is -0.457 e. The van der Waals surface area contributed by atoms with E-state index in [0.717, 1.165) is 37.7 Å². The standard InChI is InChI=1S/C29H35NO4/c1-16(31)34-27(2,3)26-23(32)15-20-21-11-10-17-14-19-18-8-6-7-9-22(18)30-25(19)29(17,5)28(21,4)13-12-24(20)33-26/h6-9,15,17,21,24,26,30H,10-14H2,1-5H3. The molecule has 0 spiro atoms. The van der Waals surface area contributed by atoms with Crippen molar-refractivity contribution in [2.45, 2.75) is 89.9 Å². The van der Waals surface area contributed by atoms with Crippen LogP contribution >= 0.6 is 0 Å². The van der Waals surface area contributed by atoms with Crippen molar-refractivity contribution in [3.63, 3.8) is 0 Å². The van der Waals surface area contributed by atoms with Gasteiger partial charge >= 0.3 is 5.97 Å². The van der Waals surface area contributed by atoms with E-state index < -0.39 is 17.7 Å². The molecule has 180 valence electrons. The van der Waals surface area contributed by atoms with Gasteiger partial charge in [0.2, 0.25) is 0 Å². The van der Waals surface area contributed by atoms with Gasteiger partial charge < -0.3 is 14.5 Å². The number of ether oxygens (including phenoxy) is 2. The van der Waals surface area contributed by atoms with Crippen molar-refractivity contribution >= 4 is 22.7 Å². The predicted molar refractivity (Wildman–Crippen MR) is 131 cm³/mol. The van der Waals surface area contributed by atoms with E-state index >= 15 is 0 Å². The number of aromatic nitrogens is 1. The number of rotatable bonds is 2. The maximum atomic E-state index is 13.3. The summed E-state index contributed by atoms with van der Waals surface area (Å²) in [7, 11) is 0. The number of carbonyl (C=O) groups excluding carboxylic acids is 2. The third kappa shape index (κ3) is 2.76. The third-order valence-corrected chi connectivity index (χ3v) is 9.97. The lowest BCUT2D eigenvalue weighted by Crippen LogP contribution is -2.59. The summed E-state index contributed by atoms with van der Waals surface area (Å²) in [5.74, 6) is 0.458. The molecule has 2 fully saturated rings. The Balaban J connectivity index is 1.39. The van der Waals surface area contributed by atoms with E-state index in [1.165, 1.54) is 29.1 Å². The van der Waals surface area contributed by atoms with Gasteiger partial charge in [0.05, 0.1) is 6.10 Å². The van der Waals surface area contributed by atoms with Crippen LogP contribution in [0.2, 0.25) is 0 Å². The van der Waals surface area contributed by atoms with Gasteiger partial charge in [0.1, 0.15) is 5.60 Å². The lowest BCUT2D eigenvalue weighted by atomic mass is 9.44. The summed E-state index contributed by atoms with van der Waals surface area (Å²) < 4.78 is 11.9. The third-order valence-electron chi connectivity index (χ3n) is 9.97. The molecule has 34 heavy (non-hydrogen) atoms. The van der Waals surface area contributed by atoms with Crippen molar-refractivity contribution in [2.75, 3.05) is 0 Å². The first-order chi connectivity index (χ1) is 16.1. The molecule has 1 N–H and O–H groups in total. The van der Waals surface area contributed by atoms with E-state index in [-0.39, 0.29) is 22.7 Å². The first kappa shape index (κ1) is 22.1. The Kier molecular flexibility index (Phi) is 4.59. The zero-order chi connectivity index (χ0) is 24.0. The number of aromatic amines is 1. The Morgan fingerprint density at radius 2 is 1.94 bits per heavy atom. The fourth-order valence-electron chi connectivity index (χ4n) is 8.23. The number of fused-ring (bicyclic) bond motifs is 9. The van der Waals surface area contributed by atoms with Crippen LogP contribution in [0.25, 0.3) is 10.9 Å². The fourth-order valence-corrected chi connectivity index (χ4v) is 8.23. The van der Waals surface area contributed by atoms with Gasteiger partial charge in [-0.25, -0.2) is 0 Å². The number of para-hydroxylation sites is 1. The maximum Gasteiger partial charge on any atom is 0.303 e. The van der Waals surface area contributed by atoms with Crippen molar-refractivity contribution in [1.29, 1.82) is 0 Å². The number of ketones is 1. The minimum absolute atomic E-state index is 0.0347. The highest BCUT2D eigenvalue weighted by atomic mass is 16.6. The molecule has 6 unspecified atom stereocenters. The molecule has 1 aliphatic heterocycles. The van der Waals surface area contributed by atoms with Crippen LogP contribution in [0.1, 0.15) is 71.6 Å². The van der Waals surface area contributed by atoms with Crippen molar-refractivity contribution in [3.05, 3.63) is 47.2 Å². The summed E-state index contributed by atoms with van der Waals surface area (Å²) >= 11 is 0. The second kappa shape index (κ2) is 7.07. The van der Waals surface area contributed by atoms with Gasteiger partial charge in [-0.1, -0.05) is 32.0 Å². The molecule has 0 amide bonds. The first-order valence-corrected chi connectivity index (χ1v) is 12.8. The van der Waals surface area contributed by atoms with E-state index in [1.54, 1.807) is 13.8 Å². The van der Waals surface area contributed by atoms with E-state index in [0.29, 0.717) is 11.8 Å². The molecule has 5 nitrogen and oxygen atoms in total. The number of hydrogen-bond donors (Lipinski definition) is 1. The highest BCUT2D eigenvalue weighted by Crippen LogP contribution is 2.67. The molecule has 6 rings (SSSR count). The van der Waals surface area contributed by atoms with Crippen LogP contribution in [0, 0.1) is 17.3 Å². The lowest BCUT2D eigenvalue weighted by molar-refractivity contribution is -0.182. The van der Waals surface area contributed by atoms with Crippen LogP contribution in [-0.4, -0.2) is 34.5 Å². The van der Waals surface area contributed by atoms with E-state index in [9.17, 15) is 9.59 Å². The van der Waals surface area contributed by atoms with Crippen LogP contribution in [0.4, 0.5) is 0 Å². The molecule has 1 aromatic heterocycles.